The molecule has 0 aliphatic carbocycles. The van der Waals surface area contributed by atoms with Crippen molar-refractivity contribution < 1.29 is 66.4 Å². The topological polar surface area (TPSA) is 251 Å². The molecule has 8 rings (SSSR count). The van der Waals surface area contributed by atoms with Crippen molar-refractivity contribution in [2.75, 3.05) is 181 Å². The van der Waals surface area contributed by atoms with Gasteiger partial charge < -0.3 is 87.9 Å². The lowest BCUT2D eigenvalue weighted by Crippen LogP contribution is -2.29. The molecule has 6 aromatic rings. The molecule has 24 heteroatoms. The standard InChI is InChI=1S/2C29H39N5O7/c2*1-36-15-17-38-20-40-25-10-9-22(19-26(25)41-21-39-18-16-37-2)28(35)30-11-12-31-29-32-24-8-4-3-7-23(24)27(33-29)34-13-5-6-14-34/h2*3-4,7-10,19H,5-6,11-18,20-21H2,1-2H3,(H,30,35)(H,31,32,33). The Bertz CT molecular complexity index is 2670. The number of fused-ring (bicyclic) bond motifs is 2. The number of nitrogens with zero attached hydrogens (tertiary/aromatic N) is 6. The van der Waals surface area contributed by atoms with Gasteiger partial charge in [-0.15, -0.1) is 0 Å². The molecule has 2 aromatic heterocycles. The second kappa shape index (κ2) is 35.4. The molecule has 0 unspecified atom stereocenters. The van der Waals surface area contributed by atoms with Crippen molar-refractivity contribution in [1.82, 2.24) is 30.6 Å². The highest BCUT2D eigenvalue weighted by atomic mass is 16.7. The van der Waals surface area contributed by atoms with E-state index in [1.165, 1.54) is 0 Å². The molecule has 4 N–H and O–H groups in total. The average Bonchev–Trinajstić information content (AvgIpc) is 4.30. The summed E-state index contributed by atoms with van der Waals surface area (Å²) in [6.07, 6.45) is 4.65. The van der Waals surface area contributed by atoms with E-state index in [1.54, 1.807) is 64.8 Å². The molecule has 2 aliphatic rings. The summed E-state index contributed by atoms with van der Waals surface area (Å²) in [6, 6.07) is 26.0. The molecular weight excluding hydrogens is 1060 g/mol. The number of anilines is 4. The van der Waals surface area contributed by atoms with E-state index >= 15 is 0 Å². The fourth-order valence-corrected chi connectivity index (χ4v) is 8.51. The largest absolute Gasteiger partial charge is 0.464 e. The van der Waals surface area contributed by atoms with Crippen molar-refractivity contribution in [2.24, 2.45) is 0 Å². The van der Waals surface area contributed by atoms with Crippen molar-refractivity contribution in [3.05, 3.63) is 96.1 Å². The van der Waals surface area contributed by atoms with Crippen LogP contribution in [0.15, 0.2) is 84.9 Å². The average molecular weight is 1140 g/mol. The van der Waals surface area contributed by atoms with Crippen LogP contribution in [0.3, 0.4) is 0 Å². The number of nitrogens with one attached hydrogen (secondary N) is 4. The van der Waals surface area contributed by atoms with Gasteiger partial charge in [-0.3, -0.25) is 9.59 Å². The number of aromatic nitrogens is 4. The Morgan fingerprint density at radius 3 is 1.15 bits per heavy atom. The Hall–Kier alpha value is -7.42. The first kappa shape index (κ1) is 62.2. The van der Waals surface area contributed by atoms with Crippen molar-refractivity contribution >= 4 is 57.2 Å². The molecule has 0 saturated carbocycles. The van der Waals surface area contributed by atoms with E-state index in [1.807, 2.05) is 36.4 Å². The number of ether oxygens (including phenoxy) is 12. The summed E-state index contributed by atoms with van der Waals surface area (Å²) in [5.41, 5.74) is 2.62. The highest BCUT2D eigenvalue weighted by Gasteiger charge is 2.21. The Kier molecular flexibility index (Phi) is 26.9. The first-order chi connectivity index (χ1) is 40.4. The number of para-hydroxylation sites is 2. The van der Waals surface area contributed by atoms with Crippen LogP contribution >= 0.6 is 0 Å². The molecule has 2 fully saturated rings. The molecule has 0 atom stereocenters. The van der Waals surface area contributed by atoms with Gasteiger partial charge in [0.1, 0.15) is 11.6 Å². The Labute approximate surface area is 478 Å². The minimum Gasteiger partial charge on any atom is -0.464 e. The van der Waals surface area contributed by atoms with Gasteiger partial charge in [-0.1, -0.05) is 24.3 Å². The summed E-state index contributed by atoms with van der Waals surface area (Å²) in [4.78, 5) is 49.3. The molecule has 24 nitrogen and oxygen atoms in total. The quantitative estimate of drug-likeness (QED) is 0.0255. The third kappa shape index (κ3) is 19.9. The van der Waals surface area contributed by atoms with Crippen LogP contribution in [0.1, 0.15) is 46.4 Å². The molecule has 2 saturated heterocycles. The van der Waals surface area contributed by atoms with Crippen LogP contribution in [0.5, 0.6) is 23.0 Å². The van der Waals surface area contributed by atoms with Crippen LogP contribution < -0.4 is 50.0 Å². The minimum absolute atomic E-state index is 0.0117. The number of hydrogen-bond donors (Lipinski definition) is 4. The molecule has 82 heavy (non-hydrogen) atoms. The van der Waals surface area contributed by atoms with Gasteiger partial charge in [0.15, 0.2) is 50.2 Å². The second-order valence-electron chi connectivity index (χ2n) is 18.5. The van der Waals surface area contributed by atoms with Crippen LogP contribution in [0, 0.1) is 0 Å². The normalized spacial score (nSPS) is 13.0. The summed E-state index contributed by atoms with van der Waals surface area (Å²) < 4.78 is 64.3. The molecule has 0 radical (unpaired) electrons. The van der Waals surface area contributed by atoms with Crippen molar-refractivity contribution in [2.45, 2.75) is 25.7 Å². The third-order valence-corrected chi connectivity index (χ3v) is 12.7. The SMILES string of the molecule is COCCOCOc1ccc(C(=O)NCCNc2nc(N3CCCC3)c3ccccc3n2)cc1OCOCCOC.COCCOCOc1ccc(C(=O)NCCNc2nc(N3CCCC3)c3ccccc3n2)cc1OCOCCOC. The van der Waals surface area contributed by atoms with E-state index in [0.717, 1.165) is 85.3 Å². The number of hydrogen-bond acceptors (Lipinski definition) is 22. The fraction of sp³-hybridized carbons (Fsp3) is 0.483. The minimum atomic E-state index is -0.253. The van der Waals surface area contributed by atoms with Crippen molar-refractivity contribution in [3.8, 4) is 23.0 Å². The Morgan fingerprint density at radius 2 is 0.780 bits per heavy atom. The van der Waals surface area contributed by atoms with Crippen LogP contribution in [-0.4, -0.2) is 193 Å². The van der Waals surface area contributed by atoms with Crippen LogP contribution in [0.4, 0.5) is 23.5 Å². The van der Waals surface area contributed by atoms with Gasteiger partial charge in [0.25, 0.3) is 11.8 Å². The third-order valence-electron chi connectivity index (χ3n) is 12.7. The lowest BCUT2D eigenvalue weighted by Gasteiger charge is -2.19. The zero-order valence-electron chi connectivity index (χ0n) is 47.5. The van der Waals surface area contributed by atoms with Gasteiger partial charge in [-0.2, -0.15) is 9.97 Å². The predicted octanol–water partition coefficient (Wildman–Crippen LogP) is 6.14. The molecule has 0 bridgehead atoms. The fourth-order valence-electron chi connectivity index (χ4n) is 8.51. The molecular formula is C58H78N10O14. The number of amides is 2. The van der Waals surface area contributed by atoms with E-state index < -0.39 is 0 Å². The van der Waals surface area contributed by atoms with Crippen molar-refractivity contribution in [1.29, 1.82) is 0 Å². The first-order valence-electron chi connectivity index (χ1n) is 27.5. The van der Waals surface area contributed by atoms with Crippen LogP contribution in [0.25, 0.3) is 21.8 Å². The molecule has 4 aromatic carbocycles. The zero-order chi connectivity index (χ0) is 57.4. The van der Waals surface area contributed by atoms with Crippen LogP contribution in [0.2, 0.25) is 0 Å². The van der Waals surface area contributed by atoms with Gasteiger partial charge in [0, 0.05) is 103 Å². The van der Waals surface area contributed by atoms with E-state index in [9.17, 15) is 9.59 Å². The Balaban J connectivity index is 0.000000236. The summed E-state index contributed by atoms with van der Waals surface area (Å²) in [5.74, 6) is 4.06. The van der Waals surface area contributed by atoms with E-state index in [2.05, 4.69) is 53.2 Å². The smallest absolute Gasteiger partial charge is 0.251 e. The van der Waals surface area contributed by atoms with Gasteiger partial charge in [-0.25, -0.2) is 9.97 Å². The maximum absolute atomic E-state index is 12.9. The van der Waals surface area contributed by atoms with Crippen molar-refractivity contribution in [3.63, 3.8) is 0 Å². The van der Waals surface area contributed by atoms with Gasteiger partial charge >= 0.3 is 0 Å². The predicted molar refractivity (Wildman–Crippen MR) is 310 cm³/mol. The second-order valence-corrected chi connectivity index (χ2v) is 18.5. The lowest BCUT2D eigenvalue weighted by molar-refractivity contribution is -0.0207. The summed E-state index contributed by atoms with van der Waals surface area (Å²) in [7, 11) is 6.39. The summed E-state index contributed by atoms with van der Waals surface area (Å²) in [5, 5.41) is 14.4. The maximum Gasteiger partial charge on any atom is 0.251 e. The number of methoxy groups -OCH3 is 4. The van der Waals surface area contributed by atoms with Gasteiger partial charge in [-0.05, 0) is 86.3 Å². The molecule has 2 amide bonds. The van der Waals surface area contributed by atoms with E-state index in [4.69, 9.17) is 66.8 Å². The highest BCUT2D eigenvalue weighted by molar-refractivity contribution is 5.96. The number of carbonyl (C=O) groups is 2. The summed E-state index contributed by atoms with van der Waals surface area (Å²) in [6.45, 7) is 8.95. The van der Waals surface area contributed by atoms with E-state index in [-0.39, 0.29) is 39.0 Å². The van der Waals surface area contributed by atoms with Crippen LogP contribution in [-0.2, 0) is 37.9 Å². The Morgan fingerprint density at radius 1 is 0.427 bits per heavy atom. The summed E-state index contributed by atoms with van der Waals surface area (Å²) >= 11 is 0. The number of benzene rings is 4. The van der Waals surface area contributed by atoms with Gasteiger partial charge in [0.05, 0.1) is 63.9 Å². The van der Waals surface area contributed by atoms with Gasteiger partial charge in [0.2, 0.25) is 11.9 Å². The zero-order valence-corrected chi connectivity index (χ0v) is 47.5. The van der Waals surface area contributed by atoms with E-state index in [0.29, 0.717) is 125 Å². The first-order valence-corrected chi connectivity index (χ1v) is 27.5. The lowest BCUT2D eigenvalue weighted by atomic mass is 10.2. The molecule has 444 valence electrons. The highest BCUT2D eigenvalue weighted by Crippen LogP contribution is 2.32. The maximum atomic E-state index is 12.9. The monoisotopic (exact) mass is 1140 g/mol. The molecule has 0 spiro atoms. The molecule has 4 heterocycles. The number of carbonyl (C=O) groups excluding carboxylic acids is 2. The number of rotatable bonds is 36. The molecule has 2 aliphatic heterocycles.